The summed E-state index contributed by atoms with van der Waals surface area (Å²) in [6.45, 7) is 10.2. The molecule has 3 rings (SSSR count). The van der Waals surface area contributed by atoms with Gasteiger partial charge in [0.05, 0.1) is 12.0 Å². The van der Waals surface area contributed by atoms with Crippen LogP contribution < -0.4 is 5.32 Å². The smallest absolute Gasteiger partial charge is 0.337 e. The number of carboxylic acids is 1. The number of amides is 1. The van der Waals surface area contributed by atoms with Gasteiger partial charge in [-0.3, -0.25) is 9.69 Å². The van der Waals surface area contributed by atoms with Crippen LogP contribution in [0.25, 0.3) is 0 Å². The van der Waals surface area contributed by atoms with Crippen LogP contribution in [0, 0.1) is 19.8 Å². The second-order valence-corrected chi connectivity index (χ2v) is 8.41. The third-order valence-electron chi connectivity index (χ3n) is 6.05. The molecule has 6 heteroatoms. The van der Waals surface area contributed by atoms with Crippen molar-refractivity contribution in [2.75, 3.05) is 19.6 Å². The van der Waals surface area contributed by atoms with Crippen molar-refractivity contribution in [2.24, 2.45) is 5.92 Å². The van der Waals surface area contributed by atoms with Crippen LogP contribution in [0.4, 0.5) is 0 Å². The normalized spacial score (nSPS) is 15.3. The summed E-state index contributed by atoms with van der Waals surface area (Å²) in [6, 6.07) is 8.65. The third kappa shape index (κ3) is 5.51. The van der Waals surface area contributed by atoms with Crippen molar-refractivity contribution >= 4 is 11.9 Å². The van der Waals surface area contributed by atoms with Gasteiger partial charge in [0, 0.05) is 31.5 Å². The molecule has 1 amide bonds. The molecule has 1 fully saturated rings. The number of carboxylic acid groups (broad SMARTS) is 1. The maximum Gasteiger partial charge on any atom is 0.337 e. The van der Waals surface area contributed by atoms with Gasteiger partial charge in [0.1, 0.15) is 0 Å². The predicted molar refractivity (Wildman–Crippen MR) is 118 cm³/mol. The average Bonchev–Trinajstić information content (AvgIpc) is 3.02. The van der Waals surface area contributed by atoms with Gasteiger partial charge in [-0.15, -0.1) is 0 Å². The molecule has 0 atom stereocenters. The average molecular weight is 412 g/mol. The molecule has 0 bridgehead atoms. The van der Waals surface area contributed by atoms with Gasteiger partial charge in [-0.1, -0.05) is 29.8 Å². The number of piperidine rings is 1. The first-order valence-electron chi connectivity index (χ1n) is 10.8. The first-order chi connectivity index (χ1) is 14.4. The van der Waals surface area contributed by atoms with E-state index in [1.165, 1.54) is 11.1 Å². The Morgan fingerprint density at radius 2 is 1.93 bits per heavy atom. The van der Waals surface area contributed by atoms with E-state index in [1.54, 1.807) is 6.92 Å². The molecule has 162 valence electrons. The SMILES string of the molecule is CCn1cc(C)c(C(=O)O)c1CC(=O)NCC1CCN(Cc2cccc(C)c2)CC1. The number of nitrogens with zero attached hydrogens (tertiary/aromatic N) is 2. The zero-order valence-corrected chi connectivity index (χ0v) is 18.3. The summed E-state index contributed by atoms with van der Waals surface area (Å²) < 4.78 is 1.86. The molecule has 1 aromatic carbocycles. The number of hydrogen-bond acceptors (Lipinski definition) is 3. The minimum absolute atomic E-state index is 0.104. The Morgan fingerprint density at radius 1 is 1.20 bits per heavy atom. The largest absolute Gasteiger partial charge is 0.478 e. The van der Waals surface area contributed by atoms with Gasteiger partial charge < -0.3 is 15.0 Å². The molecule has 0 radical (unpaired) electrons. The zero-order chi connectivity index (χ0) is 21.7. The van der Waals surface area contributed by atoms with Crippen LogP contribution in [0.15, 0.2) is 30.5 Å². The number of benzene rings is 1. The molecule has 30 heavy (non-hydrogen) atoms. The van der Waals surface area contributed by atoms with Crippen molar-refractivity contribution < 1.29 is 14.7 Å². The topological polar surface area (TPSA) is 74.6 Å². The number of likely N-dealkylation sites (tertiary alicyclic amines) is 1. The van der Waals surface area contributed by atoms with Crippen LogP contribution in [-0.2, 0) is 24.3 Å². The van der Waals surface area contributed by atoms with Crippen LogP contribution in [0.3, 0.4) is 0 Å². The molecule has 2 N–H and O–H groups in total. The fraction of sp³-hybridized carbons (Fsp3) is 0.500. The molecule has 2 heterocycles. The number of aromatic nitrogens is 1. The number of carbonyl (C=O) groups is 2. The van der Waals surface area contributed by atoms with Crippen LogP contribution in [0.2, 0.25) is 0 Å². The lowest BCUT2D eigenvalue weighted by molar-refractivity contribution is -0.120. The highest BCUT2D eigenvalue weighted by atomic mass is 16.4. The zero-order valence-electron chi connectivity index (χ0n) is 18.3. The first kappa shape index (κ1) is 22.1. The van der Waals surface area contributed by atoms with E-state index in [1.807, 2.05) is 17.7 Å². The second kappa shape index (κ2) is 9.94. The molecule has 0 aliphatic carbocycles. The highest BCUT2D eigenvalue weighted by Gasteiger charge is 2.23. The molecule has 0 spiro atoms. The van der Waals surface area contributed by atoms with Crippen LogP contribution in [0.1, 0.15) is 52.5 Å². The number of aryl methyl sites for hydroxylation is 3. The molecule has 1 aliphatic rings. The standard InChI is InChI=1S/C24H33N3O3/c1-4-27-15-18(3)23(24(29)30)21(27)13-22(28)25-14-19-8-10-26(11-9-19)16-20-7-5-6-17(2)12-20/h5-7,12,15,19H,4,8-11,13-14,16H2,1-3H3,(H,25,28)(H,29,30). The second-order valence-electron chi connectivity index (χ2n) is 8.41. The number of nitrogens with one attached hydrogen (secondary N) is 1. The van der Waals surface area contributed by atoms with E-state index in [4.69, 9.17) is 0 Å². The summed E-state index contributed by atoms with van der Waals surface area (Å²) in [5.41, 5.74) is 4.20. The summed E-state index contributed by atoms with van der Waals surface area (Å²) in [6.07, 6.45) is 4.05. The van der Waals surface area contributed by atoms with E-state index in [0.717, 1.165) is 32.5 Å². The monoisotopic (exact) mass is 411 g/mol. The molecule has 2 aromatic rings. The molecule has 6 nitrogen and oxygen atoms in total. The number of aromatic carboxylic acids is 1. The minimum Gasteiger partial charge on any atom is -0.478 e. The Balaban J connectivity index is 1.47. The quantitative estimate of drug-likeness (QED) is 0.698. The van der Waals surface area contributed by atoms with Crippen molar-refractivity contribution in [3.8, 4) is 0 Å². The van der Waals surface area contributed by atoms with Crippen LogP contribution in [0.5, 0.6) is 0 Å². The Bertz CT molecular complexity index is 895. The molecule has 0 saturated carbocycles. The Hall–Kier alpha value is -2.60. The maximum absolute atomic E-state index is 12.5. The van der Waals surface area contributed by atoms with Gasteiger partial charge in [-0.05, 0) is 63.7 Å². The van der Waals surface area contributed by atoms with E-state index in [2.05, 4.69) is 41.4 Å². The lowest BCUT2D eigenvalue weighted by Gasteiger charge is -2.32. The van der Waals surface area contributed by atoms with Gasteiger partial charge in [-0.25, -0.2) is 4.79 Å². The summed E-state index contributed by atoms with van der Waals surface area (Å²) in [7, 11) is 0. The number of carbonyl (C=O) groups excluding carboxylic acids is 1. The Labute approximate surface area is 178 Å². The van der Waals surface area contributed by atoms with E-state index in [0.29, 0.717) is 30.3 Å². The molecular formula is C24H33N3O3. The Kier molecular flexibility index (Phi) is 7.32. The van der Waals surface area contributed by atoms with E-state index in [-0.39, 0.29) is 17.9 Å². The summed E-state index contributed by atoms with van der Waals surface area (Å²) in [5, 5.41) is 12.5. The van der Waals surface area contributed by atoms with Crippen LogP contribution in [-0.4, -0.2) is 46.1 Å². The number of rotatable bonds is 8. The van der Waals surface area contributed by atoms with Gasteiger partial charge in [0.15, 0.2) is 0 Å². The number of hydrogen-bond donors (Lipinski definition) is 2. The van der Waals surface area contributed by atoms with E-state index in [9.17, 15) is 14.7 Å². The van der Waals surface area contributed by atoms with E-state index < -0.39 is 5.97 Å². The highest BCUT2D eigenvalue weighted by Crippen LogP contribution is 2.20. The molecule has 1 aliphatic heterocycles. The fourth-order valence-corrected chi connectivity index (χ4v) is 4.40. The summed E-state index contributed by atoms with van der Waals surface area (Å²) >= 11 is 0. The Morgan fingerprint density at radius 3 is 2.57 bits per heavy atom. The summed E-state index contributed by atoms with van der Waals surface area (Å²) in [4.78, 5) is 26.6. The van der Waals surface area contributed by atoms with E-state index >= 15 is 0 Å². The highest BCUT2D eigenvalue weighted by molar-refractivity contribution is 5.93. The van der Waals surface area contributed by atoms with Crippen molar-refractivity contribution in [3.05, 3.63) is 58.4 Å². The van der Waals surface area contributed by atoms with Crippen molar-refractivity contribution in [1.29, 1.82) is 0 Å². The van der Waals surface area contributed by atoms with Crippen LogP contribution >= 0.6 is 0 Å². The van der Waals surface area contributed by atoms with Crippen molar-refractivity contribution in [3.63, 3.8) is 0 Å². The van der Waals surface area contributed by atoms with Gasteiger partial charge in [0.25, 0.3) is 0 Å². The molecule has 0 unspecified atom stereocenters. The lowest BCUT2D eigenvalue weighted by Crippen LogP contribution is -2.38. The first-order valence-corrected chi connectivity index (χ1v) is 10.8. The fourth-order valence-electron chi connectivity index (χ4n) is 4.40. The van der Waals surface area contributed by atoms with Gasteiger partial charge in [-0.2, -0.15) is 0 Å². The third-order valence-corrected chi connectivity index (χ3v) is 6.05. The predicted octanol–water partition coefficient (Wildman–Crippen LogP) is 3.39. The maximum atomic E-state index is 12.5. The minimum atomic E-state index is -0.969. The molecule has 1 saturated heterocycles. The summed E-state index contributed by atoms with van der Waals surface area (Å²) in [5.74, 6) is -0.600. The van der Waals surface area contributed by atoms with Crippen molar-refractivity contribution in [1.82, 2.24) is 14.8 Å². The van der Waals surface area contributed by atoms with Crippen molar-refractivity contribution in [2.45, 2.75) is 53.1 Å². The lowest BCUT2D eigenvalue weighted by atomic mass is 9.96. The van der Waals surface area contributed by atoms with Gasteiger partial charge in [0.2, 0.25) is 5.91 Å². The molecule has 1 aromatic heterocycles. The van der Waals surface area contributed by atoms with Gasteiger partial charge >= 0.3 is 5.97 Å². The molecular weight excluding hydrogens is 378 g/mol.